The fourth-order valence-electron chi connectivity index (χ4n) is 1.19. The fourth-order valence-corrected chi connectivity index (χ4v) is 1.36. The topological polar surface area (TPSA) is 55.2 Å². The van der Waals surface area contributed by atoms with Gasteiger partial charge in [0.2, 0.25) is 0 Å². The van der Waals surface area contributed by atoms with E-state index in [-0.39, 0.29) is 11.7 Å². The number of nitro benzene ring substituents is 1. The van der Waals surface area contributed by atoms with Gasteiger partial charge in [-0.05, 0) is 25.0 Å². The Bertz CT molecular complexity index is 394. The molecule has 1 aromatic carbocycles. The first-order chi connectivity index (χ1) is 7.41. The lowest BCUT2D eigenvalue weighted by Gasteiger charge is -2.18. The van der Waals surface area contributed by atoms with Crippen molar-refractivity contribution in [3.63, 3.8) is 0 Å². The highest BCUT2D eigenvalue weighted by atomic mass is 35.5. The van der Waals surface area contributed by atoms with E-state index in [1.54, 1.807) is 12.1 Å². The molecule has 0 aromatic heterocycles. The van der Waals surface area contributed by atoms with Gasteiger partial charge in [0, 0.05) is 17.1 Å². The fraction of sp³-hybridized carbons (Fsp3) is 0.455. The number of nitrogens with zero attached hydrogens (tertiary/aromatic N) is 1. The van der Waals surface area contributed by atoms with Crippen molar-refractivity contribution in [3.8, 4) is 0 Å². The van der Waals surface area contributed by atoms with E-state index in [0.717, 1.165) is 0 Å². The maximum Gasteiger partial charge on any atom is 0.293 e. The van der Waals surface area contributed by atoms with Gasteiger partial charge in [-0.1, -0.05) is 25.4 Å². The van der Waals surface area contributed by atoms with E-state index in [4.69, 9.17) is 11.6 Å². The molecule has 0 saturated heterocycles. The second-order valence-electron chi connectivity index (χ2n) is 4.10. The molecule has 0 spiro atoms. The molecular weight excluding hydrogens is 228 g/mol. The lowest BCUT2D eigenvalue weighted by atomic mass is 10.1. The number of hydrogen-bond donors (Lipinski definition) is 1. The average Bonchev–Trinajstić information content (AvgIpc) is 2.20. The molecule has 1 unspecified atom stereocenters. The van der Waals surface area contributed by atoms with E-state index >= 15 is 0 Å². The van der Waals surface area contributed by atoms with Gasteiger partial charge in [-0.2, -0.15) is 0 Å². The van der Waals surface area contributed by atoms with Crippen LogP contribution >= 0.6 is 11.6 Å². The molecule has 1 N–H and O–H groups in total. The van der Waals surface area contributed by atoms with Crippen LogP contribution in [0.25, 0.3) is 0 Å². The third-order valence-electron chi connectivity index (χ3n) is 2.54. The minimum absolute atomic E-state index is 0.0139. The quantitative estimate of drug-likeness (QED) is 0.647. The summed E-state index contributed by atoms with van der Waals surface area (Å²) in [6, 6.07) is 4.81. The number of hydrogen-bond acceptors (Lipinski definition) is 3. The minimum atomic E-state index is -0.429. The molecule has 1 atom stereocenters. The molecule has 0 aliphatic heterocycles. The van der Waals surface area contributed by atoms with Gasteiger partial charge in [-0.3, -0.25) is 10.1 Å². The van der Waals surface area contributed by atoms with Crippen LogP contribution < -0.4 is 5.32 Å². The van der Waals surface area contributed by atoms with Crippen molar-refractivity contribution in [3.05, 3.63) is 33.3 Å². The molecule has 88 valence electrons. The van der Waals surface area contributed by atoms with E-state index in [0.29, 0.717) is 16.6 Å². The first kappa shape index (κ1) is 12.8. The van der Waals surface area contributed by atoms with E-state index < -0.39 is 4.92 Å². The maximum absolute atomic E-state index is 10.8. The Morgan fingerprint density at radius 3 is 2.50 bits per heavy atom. The van der Waals surface area contributed by atoms with Gasteiger partial charge in [-0.25, -0.2) is 0 Å². The number of anilines is 1. The zero-order valence-electron chi connectivity index (χ0n) is 9.53. The normalized spacial score (nSPS) is 12.6. The Morgan fingerprint density at radius 1 is 1.38 bits per heavy atom. The van der Waals surface area contributed by atoms with Crippen molar-refractivity contribution in [1.82, 2.24) is 0 Å². The van der Waals surface area contributed by atoms with E-state index in [1.807, 2.05) is 6.92 Å². The van der Waals surface area contributed by atoms with Crippen LogP contribution in [0.1, 0.15) is 20.8 Å². The van der Waals surface area contributed by atoms with Crippen LogP contribution in [0.4, 0.5) is 11.4 Å². The van der Waals surface area contributed by atoms with Gasteiger partial charge in [0.25, 0.3) is 5.69 Å². The molecule has 16 heavy (non-hydrogen) atoms. The predicted molar refractivity (Wildman–Crippen MR) is 66.0 cm³/mol. The van der Waals surface area contributed by atoms with Crippen LogP contribution in [0.15, 0.2) is 18.2 Å². The number of benzene rings is 1. The molecule has 0 radical (unpaired) electrons. The van der Waals surface area contributed by atoms with Crippen molar-refractivity contribution in [1.29, 1.82) is 0 Å². The Kier molecular flexibility index (Phi) is 4.12. The number of nitrogens with one attached hydrogen (secondary N) is 1. The minimum Gasteiger partial charge on any atom is -0.377 e. The number of halogens is 1. The number of rotatable bonds is 4. The second kappa shape index (κ2) is 5.16. The Labute approximate surface area is 99.8 Å². The molecule has 1 aromatic rings. The van der Waals surface area contributed by atoms with Crippen molar-refractivity contribution < 1.29 is 4.92 Å². The van der Waals surface area contributed by atoms with E-state index in [2.05, 4.69) is 19.2 Å². The summed E-state index contributed by atoms with van der Waals surface area (Å²) in [4.78, 5) is 10.4. The van der Waals surface area contributed by atoms with Gasteiger partial charge in [0.1, 0.15) is 5.69 Å². The smallest absolute Gasteiger partial charge is 0.293 e. The standard InChI is InChI=1S/C11H15ClN2O2/c1-7(2)8(3)13-10-5-4-9(12)6-11(10)14(15)16/h4-8,13H,1-3H3. The average molecular weight is 243 g/mol. The Balaban J connectivity index is 2.99. The third kappa shape index (κ3) is 3.10. The molecule has 5 heteroatoms. The van der Waals surface area contributed by atoms with Crippen LogP contribution in [0.3, 0.4) is 0 Å². The molecular formula is C11H15ClN2O2. The largest absolute Gasteiger partial charge is 0.377 e. The van der Waals surface area contributed by atoms with Gasteiger partial charge in [0.15, 0.2) is 0 Å². The first-order valence-electron chi connectivity index (χ1n) is 5.12. The van der Waals surface area contributed by atoms with Gasteiger partial charge in [-0.15, -0.1) is 0 Å². The Hall–Kier alpha value is -1.29. The Morgan fingerprint density at radius 2 is 2.00 bits per heavy atom. The molecule has 0 heterocycles. The summed E-state index contributed by atoms with van der Waals surface area (Å²) in [5.74, 6) is 0.398. The van der Waals surface area contributed by atoms with Crippen LogP contribution in [0.5, 0.6) is 0 Å². The summed E-state index contributed by atoms with van der Waals surface area (Å²) in [7, 11) is 0. The summed E-state index contributed by atoms with van der Waals surface area (Å²) in [6.45, 7) is 6.10. The third-order valence-corrected chi connectivity index (χ3v) is 2.77. The van der Waals surface area contributed by atoms with Crippen molar-refractivity contribution in [2.24, 2.45) is 5.92 Å². The SMILES string of the molecule is CC(C)C(C)Nc1ccc(Cl)cc1[N+](=O)[O-]. The molecule has 0 fully saturated rings. The first-order valence-corrected chi connectivity index (χ1v) is 5.50. The molecule has 0 saturated carbocycles. The zero-order valence-corrected chi connectivity index (χ0v) is 10.3. The summed E-state index contributed by atoms with van der Waals surface area (Å²) in [5.41, 5.74) is 0.524. The summed E-state index contributed by atoms with van der Waals surface area (Å²) >= 11 is 5.73. The van der Waals surface area contributed by atoms with E-state index in [9.17, 15) is 10.1 Å². The van der Waals surface area contributed by atoms with Crippen LogP contribution in [-0.4, -0.2) is 11.0 Å². The van der Waals surface area contributed by atoms with Crippen molar-refractivity contribution in [2.45, 2.75) is 26.8 Å². The maximum atomic E-state index is 10.8. The highest BCUT2D eigenvalue weighted by Gasteiger charge is 2.16. The van der Waals surface area contributed by atoms with Crippen LogP contribution in [-0.2, 0) is 0 Å². The summed E-state index contributed by atoms with van der Waals surface area (Å²) in [5, 5.41) is 14.3. The van der Waals surface area contributed by atoms with E-state index in [1.165, 1.54) is 6.07 Å². The lowest BCUT2D eigenvalue weighted by Crippen LogP contribution is -2.21. The monoisotopic (exact) mass is 242 g/mol. The number of nitro groups is 1. The van der Waals surface area contributed by atoms with Crippen LogP contribution in [0.2, 0.25) is 5.02 Å². The lowest BCUT2D eigenvalue weighted by molar-refractivity contribution is -0.384. The molecule has 0 bridgehead atoms. The highest BCUT2D eigenvalue weighted by molar-refractivity contribution is 6.30. The molecule has 0 amide bonds. The van der Waals surface area contributed by atoms with Gasteiger partial charge in [0.05, 0.1) is 4.92 Å². The summed E-state index contributed by atoms with van der Waals surface area (Å²) in [6.07, 6.45) is 0. The summed E-state index contributed by atoms with van der Waals surface area (Å²) < 4.78 is 0. The second-order valence-corrected chi connectivity index (χ2v) is 4.53. The van der Waals surface area contributed by atoms with Gasteiger partial charge < -0.3 is 5.32 Å². The van der Waals surface area contributed by atoms with Crippen molar-refractivity contribution in [2.75, 3.05) is 5.32 Å². The van der Waals surface area contributed by atoms with Gasteiger partial charge >= 0.3 is 0 Å². The molecule has 0 aliphatic rings. The van der Waals surface area contributed by atoms with Crippen molar-refractivity contribution >= 4 is 23.0 Å². The molecule has 1 rings (SSSR count). The highest BCUT2D eigenvalue weighted by Crippen LogP contribution is 2.28. The predicted octanol–water partition coefficient (Wildman–Crippen LogP) is 3.70. The zero-order chi connectivity index (χ0) is 12.3. The van der Waals surface area contributed by atoms with Crippen LogP contribution in [0, 0.1) is 16.0 Å². The molecule has 0 aliphatic carbocycles. The molecule has 4 nitrogen and oxygen atoms in total.